The molecule has 230 valence electrons. The quantitative estimate of drug-likeness (QED) is 0.193. The van der Waals surface area contributed by atoms with Crippen LogP contribution >= 0.6 is 0 Å². The molecule has 2 aromatic heterocycles. The fourth-order valence-corrected chi connectivity index (χ4v) is 7.46. The Morgan fingerprint density at radius 2 is 0.940 bits per heavy atom. The molecule has 0 unspecified atom stereocenters. The molecule has 0 amide bonds. The van der Waals surface area contributed by atoms with Crippen LogP contribution < -0.4 is 0 Å². The number of para-hydroxylation sites is 3. The third-order valence-corrected chi connectivity index (χ3v) is 9.63. The average Bonchev–Trinajstić information content (AvgIpc) is 3.70. The second-order valence-electron chi connectivity index (χ2n) is 12.3. The summed E-state index contributed by atoms with van der Waals surface area (Å²) in [7, 11) is 0. The number of benzene rings is 7. The molecule has 0 aliphatic rings. The molecule has 9 aromatic rings. The Labute approximate surface area is 287 Å². The summed E-state index contributed by atoms with van der Waals surface area (Å²) in [6.45, 7) is 0. The fourth-order valence-electron chi connectivity index (χ4n) is 7.46. The minimum atomic E-state index is 0.302. The summed E-state index contributed by atoms with van der Waals surface area (Å²) in [5.74, 6) is 0. The highest BCUT2D eigenvalue weighted by molar-refractivity contribution is 6.11. The lowest BCUT2D eigenvalue weighted by atomic mass is 9.91. The maximum Gasteiger partial charge on any atom is 0.101 e. The lowest BCUT2D eigenvalue weighted by Gasteiger charge is -2.18. The molecule has 50 heavy (non-hydrogen) atoms. The molecule has 0 aliphatic carbocycles. The normalized spacial score (nSPS) is 11.1. The number of aromatic nitrogens is 2. The molecule has 0 saturated carbocycles. The van der Waals surface area contributed by atoms with E-state index in [0.717, 1.165) is 66.5 Å². The standard InChI is InChI=1S/C45H25N5/c46-26-29-20-21-44-39(22-29)38-16-5-8-19-43(38)50(44)45-25-32(28-48)31(27-47)24-40(45)35-13-2-1-12-34(35)30-10-9-11-33(23-30)49-41-17-6-3-14-36(41)37-15-4-7-18-42(37)49/h1-25H. The largest absolute Gasteiger partial charge is 0.309 e. The fraction of sp³-hybridized carbons (Fsp3) is 0. The van der Waals surface area contributed by atoms with Gasteiger partial charge in [-0.3, -0.25) is 0 Å². The zero-order valence-corrected chi connectivity index (χ0v) is 26.7. The van der Waals surface area contributed by atoms with Crippen LogP contribution in [0.3, 0.4) is 0 Å². The van der Waals surface area contributed by atoms with Gasteiger partial charge in [-0.2, -0.15) is 15.8 Å². The number of rotatable bonds is 4. The summed E-state index contributed by atoms with van der Waals surface area (Å²) in [6.07, 6.45) is 0. The average molecular weight is 636 g/mol. The molecule has 2 heterocycles. The summed E-state index contributed by atoms with van der Waals surface area (Å²) in [6, 6.07) is 58.0. The van der Waals surface area contributed by atoms with Crippen molar-refractivity contribution < 1.29 is 0 Å². The summed E-state index contributed by atoms with van der Waals surface area (Å²) in [5, 5.41) is 34.4. The van der Waals surface area contributed by atoms with E-state index in [4.69, 9.17) is 0 Å². The van der Waals surface area contributed by atoms with Gasteiger partial charge < -0.3 is 9.13 Å². The van der Waals surface area contributed by atoms with Gasteiger partial charge in [0.2, 0.25) is 0 Å². The number of hydrogen-bond donors (Lipinski definition) is 0. The van der Waals surface area contributed by atoms with Crippen molar-refractivity contribution in [1.29, 1.82) is 15.8 Å². The van der Waals surface area contributed by atoms with Crippen molar-refractivity contribution in [2.45, 2.75) is 0 Å². The molecule has 0 N–H and O–H groups in total. The van der Waals surface area contributed by atoms with Crippen molar-refractivity contribution in [3.05, 3.63) is 168 Å². The van der Waals surface area contributed by atoms with Crippen LogP contribution in [0.4, 0.5) is 0 Å². The smallest absolute Gasteiger partial charge is 0.101 e. The molecule has 0 bridgehead atoms. The molecule has 5 heteroatoms. The number of nitriles is 3. The minimum absolute atomic E-state index is 0.302. The first-order chi connectivity index (χ1) is 24.7. The van der Waals surface area contributed by atoms with Crippen LogP contribution in [0.2, 0.25) is 0 Å². The highest BCUT2D eigenvalue weighted by atomic mass is 15.0. The number of nitrogens with zero attached hydrogens (tertiary/aromatic N) is 5. The van der Waals surface area contributed by atoms with E-state index < -0.39 is 0 Å². The molecule has 5 nitrogen and oxygen atoms in total. The highest BCUT2D eigenvalue weighted by Gasteiger charge is 2.21. The first-order valence-electron chi connectivity index (χ1n) is 16.3. The van der Waals surface area contributed by atoms with E-state index in [1.807, 2.05) is 54.6 Å². The first kappa shape index (κ1) is 28.8. The predicted molar refractivity (Wildman–Crippen MR) is 200 cm³/mol. The molecule has 9 rings (SSSR count). The van der Waals surface area contributed by atoms with Crippen molar-refractivity contribution >= 4 is 43.6 Å². The molecular weight excluding hydrogens is 611 g/mol. The van der Waals surface area contributed by atoms with E-state index in [1.165, 1.54) is 10.8 Å². The lowest BCUT2D eigenvalue weighted by molar-refractivity contribution is 1.17. The molecule has 0 aliphatic heterocycles. The van der Waals surface area contributed by atoms with Gasteiger partial charge in [0.05, 0.1) is 50.5 Å². The molecular formula is C45H25N5. The Morgan fingerprint density at radius 1 is 0.380 bits per heavy atom. The maximum atomic E-state index is 10.2. The second-order valence-corrected chi connectivity index (χ2v) is 12.3. The van der Waals surface area contributed by atoms with Gasteiger partial charge in [-0.05, 0) is 77.4 Å². The van der Waals surface area contributed by atoms with E-state index >= 15 is 0 Å². The minimum Gasteiger partial charge on any atom is -0.309 e. The van der Waals surface area contributed by atoms with E-state index in [0.29, 0.717) is 16.7 Å². The Bertz CT molecular complexity index is 2920. The van der Waals surface area contributed by atoms with Crippen LogP contribution in [0, 0.1) is 34.0 Å². The van der Waals surface area contributed by atoms with Gasteiger partial charge in [0.25, 0.3) is 0 Å². The molecule has 0 atom stereocenters. The first-order valence-corrected chi connectivity index (χ1v) is 16.3. The van der Waals surface area contributed by atoms with E-state index in [2.05, 4.69) is 124 Å². The summed E-state index contributed by atoms with van der Waals surface area (Å²) < 4.78 is 4.46. The van der Waals surface area contributed by atoms with Crippen molar-refractivity contribution in [3.63, 3.8) is 0 Å². The predicted octanol–water partition coefficient (Wildman–Crippen LogP) is 10.8. The van der Waals surface area contributed by atoms with Crippen LogP contribution in [0.5, 0.6) is 0 Å². The second kappa shape index (κ2) is 11.4. The lowest BCUT2D eigenvalue weighted by Crippen LogP contribution is -2.01. The number of hydrogen-bond acceptors (Lipinski definition) is 3. The van der Waals surface area contributed by atoms with E-state index in [-0.39, 0.29) is 0 Å². The Balaban J connectivity index is 1.31. The van der Waals surface area contributed by atoms with Crippen molar-refractivity contribution in [1.82, 2.24) is 9.13 Å². The van der Waals surface area contributed by atoms with Crippen molar-refractivity contribution in [3.8, 4) is 51.8 Å². The molecule has 0 radical (unpaired) electrons. The Kier molecular flexibility index (Phi) is 6.56. The van der Waals surface area contributed by atoms with Crippen LogP contribution in [-0.2, 0) is 0 Å². The van der Waals surface area contributed by atoms with E-state index in [1.54, 1.807) is 0 Å². The topological polar surface area (TPSA) is 81.2 Å². The van der Waals surface area contributed by atoms with Gasteiger partial charge >= 0.3 is 0 Å². The third-order valence-electron chi connectivity index (χ3n) is 9.63. The highest BCUT2D eigenvalue weighted by Crippen LogP contribution is 2.42. The molecule has 0 fully saturated rings. The summed E-state index contributed by atoms with van der Waals surface area (Å²) >= 11 is 0. The van der Waals surface area contributed by atoms with Crippen molar-refractivity contribution in [2.75, 3.05) is 0 Å². The summed E-state index contributed by atoms with van der Waals surface area (Å²) in [5.41, 5.74) is 10.9. The zero-order chi connectivity index (χ0) is 33.8. The monoisotopic (exact) mass is 635 g/mol. The Morgan fingerprint density at radius 3 is 1.60 bits per heavy atom. The van der Waals surface area contributed by atoms with Crippen LogP contribution in [0.1, 0.15) is 16.7 Å². The van der Waals surface area contributed by atoms with Crippen molar-refractivity contribution in [2.24, 2.45) is 0 Å². The van der Waals surface area contributed by atoms with Gasteiger partial charge in [0.1, 0.15) is 12.1 Å². The third kappa shape index (κ3) is 4.31. The Hall–Kier alpha value is -7.39. The van der Waals surface area contributed by atoms with E-state index in [9.17, 15) is 15.8 Å². The van der Waals surface area contributed by atoms with Gasteiger partial charge in [-0.25, -0.2) is 0 Å². The molecule has 7 aromatic carbocycles. The SMILES string of the molecule is N#Cc1ccc2c(c1)c1ccccc1n2-c1cc(C#N)c(C#N)cc1-c1ccccc1-c1cccc(-n2c3ccccc3c3ccccc32)c1. The summed E-state index contributed by atoms with van der Waals surface area (Å²) in [4.78, 5) is 0. The van der Waals surface area contributed by atoms with Gasteiger partial charge in [0.15, 0.2) is 0 Å². The zero-order valence-electron chi connectivity index (χ0n) is 26.7. The molecule has 0 saturated heterocycles. The van der Waals surface area contributed by atoms with Gasteiger partial charge in [0, 0.05) is 32.8 Å². The maximum absolute atomic E-state index is 10.2. The van der Waals surface area contributed by atoms with Gasteiger partial charge in [-0.15, -0.1) is 0 Å². The van der Waals surface area contributed by atoms with Crippen LogP contribution in [0.15, 0.2) is 152 Å². The number of fused-ring (bicyclic) bond motifs is 6. The molecule has 0 spiro atoms. The van der Waals surface area contributed by atoms with Crippen LogP contribution in [-0.4, -0.2) is 9.13 Å². The van der Waals surface area contributed by atoms with Crippen LogP contribution in [0.25, 0.3) is 77.2 Å². The van der Waals surface area contributed by atoms with Gasteiger partial charge in [-0.1, -0.05) is 91.0 Å².